The van der Waals surface area contributed by atoms with Gasteiger partial charge in [0.05, 0.1) is 6.42 Å². The van der Waals surface area contributed by atoms with Crippen LogP contribution in [0.4, 0.5) is 0 Å². The molecule has 21 heavy (non-hydrogen) atoms. The van der Waals surface area contributed by atoms with Gasteiger partial charge in [0, 0.05) is 18.0 Å². The van der Waals surface area contributed by atoms with Gasteiger partial charge in [-0.25, -0.2) is 0 Å². The van der Waals surface area contributed by atoms with Gasteiger partial charge in [-0.05, 0) is 37.0 Å². The number of hydrogen-bond donors (Lipinski definition) is 2. The van der Waals surface area contributed by atoms with Crippen molar-refractivity contribution in [3.05, 3.63) is 29.7 Å². The number of carbonyl (C=O) groups excluding carboxylic acids is 1. The number of rotatable bonds is 7. The zero-order valence-corrected chi connectivity index (χ0v) is 12.3. The first-order valence-electron chi connectivity index (χ1n) is 7.29. The van der Waals surface area contributed by atoms with Gasteiger partial charge in [0.1, 0.15) is 11.5 Å². The number of hydrogen-bond acceptors (Lipinski definition) is 3. The van der Waals surface area contributed by atoms with Crippen LogP contribution in [0.1, 0.15) is 50.5 Å². The van der Waals surface area contributed by atoms with E-state index in [4.69, 9.17) is 9.52 Å². The molecule has 1 saturated carbocycles. The van der Waals surface area contributed by atoms with Gasteiger partial charge in [-0.2, -0.15) is 0 Å². The minimum absolute atomic E-state index is 0.0689. The van der Waals surface area contributed by atoms with Crippen molar-refractivity contribution in [2.45, 2.75) is 45.1 Å². The van der Waals surface area contributed by atoms with E-state index in [2.05, 4.69) is 12.2 Å². The Morgan fingerprint density at radius 1 is 1.52 bits per heavy atom. The number of carboxylic acids is 1. The van der Waals surface area contributed by atoms with E-state index in [1.165, 1.54) is 6.08 Å². The van der Waals surface area contributed by atoms with Gasteiger partial charge < -0.3 is 14.8 Å². The van der Waals surface area contributed by atoms with Crippen molar-refractivity contribution < 1.29 is 19.1 Å². The van der Waals surface area contributed by atoms with Gasteiger partial charge in [0.15, 0.2) is 0 Å². The molecule has 114 valence electrons. The first-order valence-corrected chi connectivity index (χ1v) is 7.29. The number of carboxylic acid groups (broad SMARTS) is 1. The summed E-state index contributed by atoms with van der Waals surface area (Å²) in [5.74, 6) is 1.59. The monoisotopic (exact) mass is 291 g/mol. The Bertz CT molecular complexity index is 546. The van der Waals surface area contributed by atoms with Gasteiger partial charge in [-0.3, -0.25) is 9.59 Å². The highest BCUT2D eigenvalue weighted by Crippen LogP contribution is 2.47. The molecule has 0 aromatic carbocycles. The Hall–Kier alpha value is -2.04. The molecule has 1 amide bonds. The summed E-state index contributed by atoms with van der Waals surface area (Å²) in [5, 5.41) is 11.4. The predicted molar refractivity (Wildman–Crippen MR) is 78.7 cm³/mol. The Balaban J connectivity index is 1.86. The average Bonchev–Trinajstić information content (AvgIpc) is 2.98. The van der Waals surface area contributed by atoms with Crippen molar-refractivity contribution in [1.82, 2.24) is 5.32 Å². The third kappa shape index (κ3) is 4.48. The van der Waals surface area contributed by atoms with Crippen LogP contribution in [0.5, 0.6) is 0 Å². The Kier molecular flexibility index (Phi) is 4.83. The smallest absolute Gasteiger partial charge is 0.305 e. The van der Waals surface area contributed by atoms with Crippen molar-refractivity contribution in [2.75, 3.05) is 0 Å². The second kappa shape index (κ2) is 6.61. The number of amides is 1. The molecule has 1 aromatic heterocycles. The summed E-state index contributed by atoms with van der Waals surface area (Å²) in [6, 6.07) is 3.45. The minimum Gasteiger partial charge on any atom is -0.481 e. The molecule has 0 saturated heterocycles. The third-order valence-electron chi connectivity index (χ3n) is 3.78. The quantitative estimate of drug-likeness (QED) is 0.757. The van der Waals surface area contributed by atoms with Crippen molar-refractivity contribution in [1.29, 1.82) is 0 Å². The van der Waals surface area contributed by atoms with Gasteiger partial charge in [0.2, 0.25) is 5.91 Å². The number of furan rings is 1. The minimum atomic E-state index is -0.916. The maximum atomic E-state index is 11.7. The summed E-state index contributed by atoms with van der Waals surface area (Å²) in [4.78, 5) is 22.4. The summed E-state index contributed by atoms with van der Waals surface area (Å²) >= 11 is 0. The van der Waals surface area contributed by atoms with Crippen molar-refractivity contribution in [2.24, 2.45) is 5.92 Å². The summed E-state index contributed by atoms with van der Waals surface area (Å²) in [5.41, 5.74) is 0. The van der Waals surface area contributed by atoms with Crippen LogP contribution in [0.25, 0.3) is 6.08 Å². The van der Waals surface area contributed by atoms with E-state index >= 15 is 0 Å². The average molecular weight is 291 g/mol. The van der Waals surface area contributed by atoms with Crippen LogP contribution in [0.2, 0.25) is 0 Å². The summed E-state index contributed by atoms with van der Waals surface area (Å²) in [6.45, 7) is 4.02. The van der Waals surface area contributed by atoms with Crippen LogP contribution in [-0.2, 0) is 9.59 Å². The molecule has 2 N–H and O–H groups in total. The summed E-state index contributed by atoms with van der Waals surface area (Å²) < 4.78 is 5.66. The van der Waals surface area contributed by atoms with Crippen molar-refractivity contribution in [3.63, 3.8) is 0 Å². The first kappa shape index (κ1) is 15.4. The van der Waals surface area contributed by atoms with Gasteiger partial charge in [-0.15, -0.1) is 0 Å². The highest BCUT2D eigenvalue weighted by atomic mass is 16.4. The Labute approximate surface area is 124 Å². The largest absolute Gasteiger partial charge is 0.481 e. The Morgan fingerprint density at radius 3 is 2.81 bits per heavy atom. The number of aliphatic carboxylic acids is 1. The first-order chi connectivity index (χ1) is 9.99. The third-order valence-corrected chi connectivity index (χ3v) is 3.78. The van der Waals surface area contributed by atoms with Gasteiger partial charge in [0.25, 0.3) is 0 Å². The van der Waals surface area contributed by atoms with E-state index in [-0.39, 0.29) is 18.4 Å². The SMILES string of the molecule is CCC(CC(=O)O)NC(=O)/C=C/c1ccc(C2CC2C)o1. The van der Waals surface area contributed by atoms with Crippen molar-refractivity contribution >= 4 is 18.0 Å². The summed E-state index contributed by atoms with van der Waals surface area (Å²) in [7, 11) is 0. The van der Waals surface area contributed by atoms with Crippen LogP contribution in [0.3, 0.4) is 0 Å². The molecule has 1 aromatic rings. The van der Waals surface area contributed by atoms with Crippen LogP contribution < -0.4 is 5.32 Å². The lowest BCUT2D eigenvalue weighted by Gasteiger charge is -2.12. The standard InChI is InChI=1S/C16H21NO4/c1-3-11(9-16(19)20)17-15(18)7-5-12-4-6-14(21-12)13-8-10(13)2/h4-7,10-11,13H,3,8-9H2,1-2H3,(H,17,18)(H,19,20)/b7-5+. The van der Waals surface area contributed by atoms with Gasteiger partial charge >= 0.3 is 5.97 Å². The molecule has 0 aliphatic heterocycles. The molecule has 1 heterocycles. The zero-order valence-electron chi connectivity index (χ0n) is 12.3. The summed E-state index contributed by atoms with van der Waals surface area (Å²) in [6.07, 6.45) is 4.66. The fourth-order valence-electron chi connectivity index (χ4n) is 2.29. The van der Waals surface area contributed by atoms with E-state index in [9.17, 15) is 9.59 Å². The Morgan fingerprint density at radius 2 is 2.24 bits per heavy atom. The fourth-order valence-corrected chi connectivity index (χ4v) is 2.29. The number of carbonyl (C=O) groups is 2. The predicted octanol–water partition coefficient (Wildman–Crippen LogP) is 2.79. The highest BCUT2D eigenvalue weighted by Gasteiger charge is 2.36. The fraction of sp³-hybridized carbons (Fsp3) is 0.500. The number of nitrogens with one attached hydrogen (secondary N) is 1. The maximum Gasteiger partial charge on any atom is 0.305 e. The van der Waals surface area contributed by atoms with E-state index in [1.54, 1.807) is 6.08 Å². The molecule has 1 fully saturated rings. The zero-order chi connectivity index (χ0) is 15.4. The lowest BCUT2D eigenvalue weighted by Crippen LogP contribution is -2.34. The van der Waals surface area contributed by atoms with Gasteiger partial charge in [-0.1, -0.05) is 13.8 Å². The molecule has 0 spiro atoms. The molecular weight excluding hydrogens is 270 g/mol. The van der Waals surface area contributed by atoms with Crippen molar-refractivity contribution in [3.8, 4) is 0 Å². The molecule has 2 rings (SSSR count). The van der Waals surface area contributed by atoms with E-state index in [1.807, 2.05) is 19.1 Å². The maximum absolute atomic E-state index is 11.7. The van der Waals surface area contributed by atoms with Crippen LogP contribution in [-0.4, -0.2) is 23.0 Å². The molecule has 5 heteroatoms. The van der Waals surface area contributed by atoms with E-state index < -0.39 is 5.97 Å². The normalized spacial score (nSPS) is 22.2. The molecule has 0 radical (unpaired) electrons. The molecule has 0 bridgehead atoms. The molecule has 1 aliphatic rings. The topological polar surface area (TPSA) is 79.5 Å². The second-order valence-electron chi connectivity index (χ2n) is 5.60. The molecule has 3 unspecified atom stereocenters. The highest BCUT2D eigenvalue weighted by molar-refractivity contribution is 5.91. The molecule has 1 aliphatic carbocycles. The van der Waals surface area contributed by atoms with Crippen LogP contribution in [0.15, 0.2) is 22.6 Å². The van der Waals surface area contributed by atoms with Crippen LogP contribution in [0, 0.1) is 5.92 Å². The molecule has 3 atom stereocenters. The lowest BCUT2D eigenvalue weighted by molar-refractivity contribution is -0.137. The molecule has 5 nitrogen and oxygen atoms in total. The lowest BCUT2D eigenvalue weighted by atomic mass is 10.1. The van der Waals surface area contributed by atoms with E-state index in [0.717, 1.165) is 12.2 Å². The second-order valence-corrected chi connectivity index (χ2v) is 5.60. The van der Waals surface area contributed by atoms with E-state index in [0.29, 0.717) is 24.0 Å². The van der Waals surface area contributed by atoms with Crippen LogP contribution >= 0.6 is 0 Å². The molecular formula is C16H21NO4.